The minimum absolute atomic E-state index is 0.250. The molecule has 2 aromatic heterocycles. The minimum Gasteiger partial charge on any atom is -0.381 e. The highest BCUT2D eigenvalue weighted by Gasteiger charge is 2.27. The van der Waals surface area contributed by atoms with E-state index in [1.54, 1.807) is 12.5 Å². The molecule has 0 aromatic carbocycles. The zero-order chi connectivity index (χ0) is 13.4. The molecule has 1 aliphatic rings. The summed E-state index contributed by atoms with van der Waals surface area (Å²) in [6.45, 7) is 0. The largest absolute Gasteiger partial charge is 0.381 e. The Morgan fingerprint density at radius 2 is 2.05 bits per heavy atom. The van der Waals surface area contributed by atoms with E-state index in [1.165, 1.54) is 0 Å². The number of rotatable bonds is 3. The van der Waals surface area contributed by atoms with Crippen LogP contribution in [-0.4, -0.2) is 25.6 Å². The van der Waals surface area contributed by atoms with Crippen molar-refractivity contribution in [3.05, 3.63) is 18.7 Å². The van der Waals surface area contributed by atoms with Gasteiger partial charge in [0.15, 0.2) is 11.6 Å². The second kappa shape index (κ2) is 4.48. The predicted molar refractivity (Wildman–Crippen MR) is 71.7 cm³/mol. The number of imidazole rings is 1. The summed E-state index contributed by atoms with van der Waals surface area (Å²) in [5.74, 6) is 5.86. The van der Waals surface area contributed by atoms with Crippen molar-refractivity contribution in [2.24, 2.45) is 11.6 Å². The van der Waals surface area contributed by atoms with E-state index in [-0.39, 0.29) is 5.82 Å². The molecular weight excluding hydrogens is 244 g/mol. The van der Waals surface area contributed by atoms with Gasteiger partial charge in [0.2, 0.25) is 0 Å². The van der Waals surface area contributed by atoms with Gasteiger partial charge in [0.05, 0.1) is 12.5 Å². The number of nitrogens with zero attached hydrogens (tertiary/aromatic N) is 4. The Morgan fingerprint density at radius 1 is 1.26 bits per heavy atom. The fourth-order valence-corrected chi connectivity index (χ4v) is 2.18. The molecule has 1 saturated carbocycles. The van der Waals surface area contributed by atoms with Crippen LogP contribution in [0.4, 0.5) is 11.6 Å². The molecule has 0 atom stereocenters. The number of anilines is 2. The molecule has 0 aliphatic heterocycles. The van der Waals surface area contributed by atoms with E-state index in [4.69, 9.17) is 17.3 Å². The Balaban J connectivity index is 1.84. The lowest BCUT2D eigenvalue weighted by Crippen LogP contribution is -2.37. The van der Waals surface area contributed by atoms with Gasteiger partial charge in [0.25, 0.3) is 0 Å². The molecule has 0 bridgehead atoms. The Kier molecular flexibility index (Phi) is 2.80. The number of nitrogen functional groups attached to an aromatic ring is 2. The average Bonchev–Trinajstić information content (AvgIpc) is 2.84. The predicted octanol–water partition coefficient (Wildman–Crippen LogP) is -0.130. The van der Waals surface area contributed by atoms with Gasteiger partial charge in [-0.15, -0.1) is 0 Å². The highest BCUT2D eigenvalue weighted by molar-refractivity contribution is 5.62. The Bertz CT molecular complexity index is 586. The van der Waals surface area contributed by atoms with Crippen LogP contribution in [0.3, 0.4) is 0 Å². The van der Waals surface area contributed by atoms with Crippen molar-refractivity contribution in [3.63, 3.8) is 0 Å². The van der Waals surface area contributed by atoms with Crippen LogP contribution in [0.5, 0.6) is 0 Å². The topological polar surface area (TPSA) is 134 Å². The van der Waals surface area contributed by atoms with Crippen LogP contribution in [0.1, 0.15) is 18.9 Å². The van der Waals surface area contributed by atoms with Crippen LogP contribution in [0.2, 0.25) is 0 Å². The SMILES string of the molecule is NNc1ncc(-c2cn(C3CC(N)C3)cn2)nc1N. The van der Waals surface area contributed by atoms with Crippen LogP contribution in [0.25, 0.3) is 11.4 Å². The van der Waals surface area contributed by atoms with Gasteiger partial charge in [0, 0.05) is 18.3 Å². The number of nitrogens with one attached hydrogen (secondary N) is 1. The molecule has 8 heteroatoms. The van der Waals surface area contributed by atoms with Gasteiger partial charge in [-0.05, 0) is 12.8 Å². The van der Waals surface area contributed by atoms with Crippen molar-refractivity contribution < 1.29 is 0 Å². The molecule has 3 rings (SSSR count). The first-order valence-electron chi connectivity index (χ1n) is 6.06. The summed E-state index contributed by atoms with van der Waals surface area (Å²) in [6.07, 6.45) is 7.29. The molecule has 19 heavy (non-hydrogen) atoms. The summed E-state index contributed by atoms with van der Waals surface area (Å²) < 4.78 is 2.06. The second-order valence-electron chi connectivity index (χ2n) is 4.72. The molecule has 0 saturated heterocycles. The quantitative estimate of drug-likeness (QED) is 0.446. The van der Waals surface area contributed by atoms with Gasteiger partial charge in [-0.1, -0.05) is 0 Å². The van der Waals surface area contributed by atoms with Crippen LogP contribution in [0, 0.1) is 0 Å². The fraction of sp³-hybridized carbons (Fsp3) is 0.364. The Morgan fingerprint density at radius 3 is 2.68 bits per heavy atom. The van der Waals surface area contributed by atoms with Gasteiger partial charge in [-0.3, -0.25) is 0 Å². The first-order valence-corrected chi connectivity index (χ1v) is 6.06. The number of nitrogens with two attached hydrogens (primary N) is 3. The zero-order valence-corrected chi connectivity index (χ0v) is 10.3. The van der Waals surface area contributed by atoms with Crippen molar-refractivity contribution >= 4 is 11.6 Å². The van der Waals surface area contributed by atoms with Crippen molar-refractivity contribution in [1.29, 1.82) is 0 Å². The number of hydrogen-bond donors (Lipinski definition) is 4. The van der Waals surface area contributed by atoms with Crippen molar-refractivity contribution in [2.45, 2.75) is 24.9 Å². The summed E-state index contributed by atoms with van der Waals surface area (Å²) >= 11 is 0. The maximum Gasteiger partial charge on any atom is 0.183 e. The van der Waals surface area contributed by atoms with Gasteiger partial charge in [-0.25, -0.2) is 20.8 Å². The van der Waals surface area contributed by atoms with Crippen LogP contribution in [-0.2, 0) is 0 Å². The van der Waals surface area contributed by atoms with Crippen LogP contribution in [0.15, 0.2) is 18.7 Å². The van der Waals surface area contributed by atoms with E-state index < -0.39 is 0 Å². The van der Waals surface area contributed by atoms with E-state index >= 15 is 0 Å². The molecule has 2 aromatic rings. The molecule has 7 N–H and O–H groups in total. The highest BCUT2D eigenvalue weighted by atomic mass is 15.3. The maximum absolute atomic E-state index is 5.78. The van der Waals surface area contributed by atoms with E-state index in [2.05, 4.69) is 24.9 Å². The third-order valence-electron chi connectivity index (χ3n) is 3.37. The minimum atomic E-state index is 0.250. The summed E-state index contributed by atoms with van der Waals surface area (Å²) in [5.41, 5.74) is 15.3. The lowest BCUT2D eigenvalue weighted by Gasteiger charge is -2.33. The van der Waals surface area contributed by atoms with Gasteiger partial charge in [-0.2, -0.15) is 0 Å². The zero-order valence-electron chi connectivity index (χ0n) is 10.3. The normalized spacial score (nSPS) is 22.0. The first kappa shape index (κ1) is 11.9. The first-order chi connectivity index (χ1) is 9.17. The smallest absolute Gasteiger partial charge is 0.183 e. The molecule has 100 valence electrons. The Hall–Kier alpha value is -2.19. The molecule has 0 spiro atoms. The van der Waals surface area contributed by atoms with Gasteiger partial charge < -0.3 is 21.5 Å². The molecule has 0 unspecified atom stereocenters. The van der Waals surface area contributed by atoms with Gasteiger partial charge in [0.1, 0.15) is 11.4 Å². The highest BCUT2D eigenvalue weighted by Crippen LogP contribution is 2.31. The second-order valence-corrected chi connectivity index (χ2v) is 4.72. The number of hydrogen-bond acceptors (Lipinski definition) is 7. The average molecular weight is 260 g/mol. The van der Waals surface area contributed by atoms with E-state index in [9.17, 15) is 0 Å². The van der Waals surface area contributed by atoms with E-state index in [0.29, 0.717) is 23.6 Å². The van der Waals surface area contributed by atoms with E-state index in [1.807, 2.05) is 6.20 Å². The summed E-state index contributed by atoms with van der Waals surface area (Å²) in [5, 5.41) is 0. The Labute approximate surface area is 110 Å². The lowest BCUT2D eigenvalue weighted by atomic mass is 9.87. The molecule has 2 heterocycles. The van der Waals surface area contributed by atoms with Crippen LogP contribution >= 0.6 is 0 Å². The van der Waals surface area contributed by atoms with Crippen molar-refractivity contribution in [3.8, 4) is 11.4 Å². The molecule has 0 radical (unpaired) electrons. The molecule has 8 nitrogen and oxygen atoms in total. The molecular formula is C11H16N8. The van der Waals surface area contributed by atoms with Gasteiger partial charge >= 0.3 is 0 Å². The number of aromatic nitrogens is 4. The summed E-state index contributed by atoms with van der Waals surface area (Å²) in [4.78, 5) is 12.6. The third-order valence-corrected chi connectivity index (χ3v) is 3.37. The van der Waals surface area contributed by atoms with Crippen molar-refractivity contribution in [2.75, 3.05) is 11.2 Å². The monoisotopic (exact) mass is 260 g/mol. The summed E-state index contributed by atoms with van der Waals surface area (Å²) in [6, 6.07) is 0.743. The molecule has 1 aliphatic carbocycles. The van der Waals surface area contributed by atoms with Crippen LogP contribution < -0.4 is 22.7 Å². The summed E-state index contributed by atoms with van der Waals surface area (Å²) in [7, 11) is 0. The lowest BCUT2D eigenvalue weighted by molar-refractivity contribution is 0.266. The number of hydrazine groups is 1. The molecule has 0 amide bonds. The maximum atomic E-state index is 5.78. The fourth-order valence-electron chi connectivity index (χ4n) is 2.18. The van der Waals surface area contributed by atoms with Crippen molar-refractivity contribution in [1.82, 2.24) is 19.5 Å². The molecule has 1 fully saturated rings. The standard InChI is InChI=1S/C11H16N8/c12-6-1-7(2-6)19-4-9(16-5-19)8-3-15-11(18-14)10(13)17-8/h3-7H,1-2,12,14H2,(H2,13,17)(H,15,18). The van der Waals surface area contributed by atoms with E-state index in [0.717, 1.165) is 18.5 Å². The third kappa shape index (κ3) is 2.11.